The number of allylic oxidation sites excluding steroid dienone is 6. The largest absolute Gasteiger partial charge is 0.504 e. The lowest BCUT2D eigenvalue weighted by molar-refractivity contribution is -0.262. The van der Waals surface area contributed by atoms with Gasteiger partial charge in [-0.05, 0) is 235 Å². The number of ketones is 1. The number of hydrogen-bond donors (Lipinski definition) is 8. The van der Waals surface area contributed by atoms with Crippen molar-refractivity contribution in [3.63, 3.8) is 0 Å². The van der Waals surface area contributed by atoms with Gasteiger partial charge < -0.3 is 45.8 Å². The van der Waals surface area contributed by atoms with Crippen LogP contribution in [0.2, 0.25) is 0 Å². The number of fused-ring (bicyclic) bond motifs is 8. The summed E-state index contributed by atoms with van der Waals surface area (Å²) in [5, 5.41) is 96.3. The van der Waals surface area contributed by atoms with Crippen LogP contribution in [0.5, 0.6) is 23.0 Å². The normalized spacial score (nSPS) is 44.3. The molecule has 1 aliphatic heterocycles. The second kappa shape index (κ2) is 19.3. The number of nitrogens with one attached hydrogen (secondary N) is 1. The highest BCUT2D eigenvalue weighted by Crippen LogP contribution is 2.86. The lowest BCUT2D eigenvalue weighted by Gasteiger charge is -2.82. The summed E-state index contributed by atoms with van der Waals surface area (Å²) in [6, 6.07) is 22.2. The number of carbonyl (C=O) groups excluding carboxylic acids is 1. The number of phenolic OH excluding ortho intramolecular Hbond substituents is 3. The van der Waals surface area contributed by atoms with Crippen molar-refractivity contribution in [3.8, 4) is 46.7 Å². The number of aliphatic hydroxyl groups excluding tert-OH is 3. The van der Waals surface area contributed by atoms with Crippen molar-refractivity contribution in [1.29, 1.82) is 0 Å². The smallest absolute Gasteiger partial charge is 0.160 e. The van der Waals surface area contributed by atoms with Gasteiger partial charge >= 0.3 is 0 Å². The Balaban J connectivity index is 0.922. The molecule has 96 heavy (non-hydrogen) atoms. The van der Waals surface area contributed by atoms with Crippen LogP contribution in [-0.4, -0.2) is 78.0 Å². The first-order valence-corrected chi connectivity index (χ1v) is 37.6. The molecule has 10 heteroatoms. The van der Waals surface area contributed by atoms with Crippen LogP contribution in [0.15, 0.2) is 114 Å². The fourth-order valence-corrected chi connectivity index (χ4v) is 29.6. The van der Waals surface area contributed by atoms with Gasteiger partial charge in [0.2, 0.25) is 0 Å². The van der Waals surface area contributed by atoms with Crippen molar-refractivity contribution in [2.24, 2.45) is 69.0 Å². The van der Waals surface area contributed by atoms with Crippen LogP contribution >= 0.6 is 0 Å². The second-order valence-corrected chi connectivity index (χ2v) is 34.9. The third kappa shape index (κ3) is 6.73. The predicted octanol–water partition coefficient (Wildman–Crippen LogP) is 13.2. The van der Waals surface area contributed by atoms with Gasteiger partial charge in [-0.3, -0.25) is 4.79 Å². The summed E-state index contributed by atoms with van der Waals surface area (Å²) in [5.41, 5.74) is 7.20. The molecule has 0 aromatic heterocycles. The van der Waals surface area contributed by atoms with E-state index in [2.05, 4.69) is 95.8 Å². The summed E-state index contributed by atoms with van der Waals surface area (Å²) in [6.07, 6.45) is 31.6. The van der Waals surface area contributed by atoms with Gasteiger partial charge in [-0.15, -0.1) is 5.92 Å². The highest BCUT2D eigenvalue weighted by Gasteiger charge is 2.85. The van der Waals surface area contributed by atoms with E-state index in [0.717, 1.165) is 116 Å². The zero-order chi connectivity index (χ0) is 64.6. The summed E-state index contributed by atoms with van der Waals surface area (Å²) in [7, 11) is 1.53. The van der Waals surface area contributed by atoms with Crippen molar-refractivity contribution in [1.82, 2.24) is 5.32 Å². The Bertz CT molecular complexity index is 4410. The van der Waals surface area contributed by atoms with Crippen molar-refractivity contribution < 1.29 is 45.3 Å². The topological polar surface area (TPSA) is 180 Å². The molecule has 0 radical (unpaired) electrons. The quantitative estimate of drug-likeness (QED) is 0.0545. The van der Waals surface area contributed by atoms with Gasteiger partial charge in [0, 0.05) is 76.2 Å². The molecule has 21 unspecified atom stereocenters. The monoisotopic (exact) mass is 1280 g/mol. The maximum Gasteiger partial charge on any atom is 0.160 e. The van der Waals surface area contributed by atoms with E-state index in [4.69, 9.17) is 4.74 Å². The minimum absolute atomic E-state index is 0.00548. The number of methoxy groups -OCH3 is 1. The Morgan fingerprint density at radius 2 is 1.60 bits per heavy atom. The molecular formula is C86H91NO9. The van der Waals surface area contributed by atoms with Crippen LogP contribution < -0.4 is 10.1 Å². The van der Waals surface area contributed by atoms with Gasteiger partial charge in [0.1, 0.15) is 11.2 Å². The zero-order valence-corrected chi connectivity index (χ0v) is 55.4. The first-order chi connectivity index (χ1) is 46.5. The van der Waals surface area contributed by atoms with E-state index in [-0.39, 0.29) is 75.1 Å². The molecule has 1 saturated heterocycles. The SMILES string of the molecule is COc1cc(C2CC(=O)C3C4C=CC56C#CCC7NC89CCC3(O)C(C7C#CC2Cc2ccccc2)C82c3cc(O)c(O)cc3C3CC2C27CC38CCCC8C=C2C2CC(O)C(=CC2=CC7C9)Cc2cc4c5c(c2)C2(CCC3(CCCC3)C23CCCC3)CC6O)c(CO)cc1O. The van der Waals surface area contributed by atoms with Crippen LogP contribution in [0.4, 0.5) is 0 Å². The van der Waals surface area contributed by atoms with Gasteiger partial charge in [-0.1, -0.05) is 128 Å². The summed E-state index contributed by atoms with van der Waals surface area (Å²) in [4.78, 5) is 18.2. The average molecular weight is 1280 g/mol. The van der Waals surface area contributed by atoms with Crippen molar-refractivity contribution in [2.75, 3.05) is 7.11 Å². The van der Waals surface area contributed by atoms with Gasteiger partial charge in [0.15, 0.2) is 23.0 Å². The van der Waals surface area contributed by atoms with Crippen molar-refractivity contribution in [3.05, 3.63) is 164 Å². The number of hydrogen-bond acceptors (Lipinski definition) is 10. The molecule has 23 rings (SSSR count). The molecule has 0 amide bonds. The zero-order valence-electron chi connectivity index (χ0n) is 55.4. The van der Waals surface area contributed by atoms with Crippen LogP contribution in [0, 0.1) is 92.7 Å². The van der Waals surface area contributed by atoms with Gasteiger partial charge in [0.05, 0.1) is 37.4 Å². The molecule has 8 N–H and O–H groups in total. The molecule has 4 aromatic rings. The lowest BCUT2D eigenvalue weighted by atomic mass is 9.23. The van der Waals surface area contributed by atoms with Crippen molar-refractivity contribution >= 4 is 5.78 Å². The first kappa shape index (κ1) is 58.6. The number of aromatic hydroxyl groups is 3. The Labute approximate surface area is 564 Å². The molecule has 10 nitrogen and oxygen atoms in total. The summed E-state index contributed by atoms with van der Waals surface area (Å²) < 4.78 is 5.93. The number of ether oxygens (including phenoxy) is 1. The number of rotatable bonds is 5. The standard InChI is InChI=1S/C86H91NO9/c1-96-72-40-58(52(45-88)35-70(72)92)57-37-71(93)76-55-17-24-79-20-10-14-66-56(16-15-49(57)29-47-11-3-2-4-12-47)77-85(76,95)28-27-83(87-66)43-54-34-50-33-51(30-48-31-60(55)75(79)65(32-48)81(44-74(79)94)26-25-78(18-5-6-19-78)82(81)22-7-8-23-82)67(89)38-59(50)63-36-53-13-9-21-80(53)46-84(54,63)73-42-62(80)61-39-68(90)69(91)41-64(61)86(73,77)83/h2-4,11-12,17,24,31-36,39-41,49,53-57,59,62,66-67,73-74,76-77,87-92,94-95H,5-9,13-14,18-19,21-23,25-30,37-38,42-46H2,1H3. The first-order valence-electron chi connectivity index (χ1n) is 37.6. The molecule has 7 saturated carbocycles. The molecular weight excluding hydrogens is 1190 g/mol. The van der Waals surface area contributed by atoms with Crippen molar-refractivity contribution in [2.45, 2.75) is 224 Å². The summed E-state index contributed by atoms with van der Waals surface area (Å²) >= 11 is 0. The predicted molar refractivity (Wildman–Crippen MR) is 364 cm³/mol. The third-order valence-electron chi connectivity index (χ3n) is 32.5. The Kier molecular flexibility index (Phi) is 11.8. The van der Waals surface area contributed by atoms with Gasteiger partial charge in [-0.25, -0.2) is 0 Å². The molecule has 21 atom stereocenters. The van der Waals surface area contributed by atoms with E-state index < -0.39 is 93.2 Å². The fraction of sp³-hybridized carbons (Fsp3) is 0.570. The van der Waals surface area contributed by atoms with Crippen LogP contribution in [-0.2, 0) is 40.5 Å². The fourth-order valence-electron chi connectivity index (χ4n) is 29.6. The van der Waals surface area contributed by atoms with E-state index in [1.54, 1.807) is 6.07 Å². The van der Waals surface area contributed by atoms with E-state index in [1.807, 2.05) is 24.3 Å². The van der Waals surface area contributed by atoms with E-state index in [9.17, 15) is 30.6 Å². The number of piperidine rings is 1. The van der Waals surface area contributed by atoms with E-state index >= 15 is 9.90 Å². The van der Waals surface area contributed by atoms with Crippen LogP contribution in [0.3, 0.4) is 0 Å². The van der Waals surface area contributed by atoms with Gasteiger partial charge in [0.25, 0.3) is 0 Å². The molecule has 19 bridgehead atoms. The Hall–Kier alpha value is -6.37. The minimum Gasteiger partial charge on any atom is -0.504 e. The maximum absolute atomic E-state index is 18.2. The number of phenols is 3. The van der Waals surface area contributed by atoms with E-state index in [1.165, 1.54) is 49.5 Å². The second-order valence-electron chi connectivity index (χ2n) is 34.9. The van der Waals surface area contributed by atoms with E-state index in [0.29, 0.717) is 62.0 Å². The molecule has 8 spiro atoms. The third-order valence-corrected chi connectivity index (χ3v) is 32.5. The molecule has 18 aliphatic carbocycles. The highest BCUT2D eigenvalue weighted by atomic mass is 16.5. The molecule has 4 aromatic carbocycles. The minimum atomic E-state index is -1.78. The lowest BCUT2D eigenvalue weighted by Crippen LogP contribution is -2.87. The highest BCUT2D eigenvalue weighted by molar-refractivity contribution is 5.86. The number of benzene rings is 4. The molecule has 494 valence electrons. The van der Waals surface area contributed by atoms with Crippen LogP contribution in [0.25, 0.3) is 0 Å². The Morgan fingerprint density at radius 3 is 2.43 bits per heavy atom. The Morgan fingerprint density at radius 1 is 0.781 bits per heavy atom. The molecule has 1 heterocycles. The summed E-state index contributed by atoms with van der Waals surface area (Å²) in [6.45, 7) is -0.399. The number of carbonyl (C=O) groups is 1. The number of Topliss-reactive ketones (excluding diaryl/α,β-unsaturated/α-hetero) is 1. The average Bonchev–Trinajstić information content (AvgIpc) is 0.770. The maximum atomic E-state index is 18.2. The molecule has 19 aliphatic rings. The summed E-state index contributed by atoms with van der Waals surface area (Å²) in [5.74, 6) is 12.2. The molecule has 8 fully saturated rings. The number of aliphatic hydroxyl groups is 4. The van der Waals surface area contributed by atoms with Crippen LogP contribution in [0.1, 0.15) is 209 Å². The van der Waals surface area contributed by atoms with Gasteiger partial charge in [-0.2, -0.15) is 0 Å².